The number of ether oxygens (including phenoxy) is 1. The second-order valence-electron chi connectivity index (χ2n) is 7.18. The van der Waals surface area contributed by atoms with E-state index in [2.05, 4.69) is 16.7 Å². The van der Waals surface area contributed by atoms with E-state index in [1.54, 1.807) is 36.4 Å². The first kappa shape index (κ1) is 22.6. The molecule has 0 aliphatic rings. The van der Waals surface area contributed by atoms with Crippen LogP contribution >= 0.6 is 0 Å². The van der Waals surface area contributed by atoms with Crippen molar-refractivity contribution in [2.75, 3.05) is 13.7 Å². The van der Waals surface area contributed by atoms with Gasteiger partial charge in [-0.2, -0.15) is 5.26 Å². The van der Waals surface area contributed by atoms with E-state index in [4.69, 9.17) is 4.74 Å². The first-order valence-corrected chi connectivity index (χ1v) is 9.62. The van der Waals surface area contributed by atoms with Crippen molar-refractivity contribution >= 4 is 18.1 Å². The average molecular weight is 407 g/mol. The van der Waals surface area contributed by atoms with Crippen LogP contribution in [-0.4, -0.2) is 37.8 Å². The molecule has 2 aromatic carbocycles. The van der Waals surface area contributed by atoms with Crippen LogP contribution in [0, 0.1) is 17.2 Å². The lowest BCUT2D eigenvalue weighted by Gasteiger charge is -2.19. The maximum atomic E-state index is 12.3. The van der Waals surface area contributed by atoms with Gasteiger partial charge in [0.1, 0.15) is 11.8 Å². The minimum Gasteiger partial charge on any atom is -0.483 e. The van der Waals surface area contributed by atoms with Gasteiger partial charge in [0.2, 0.25) is 5.91 Å². The van der Waals surface area contributed by atoms with Gasteiger partial charge in [-0.1, -0.05) is 38.1 Å². The Morgan fingerprint density at radius 3 is 2.57 bits per heavy atom. The smallest absolute Gasteiger partial charge is 0.258 e. The Kier molecular flexibility index (Phi) is 8.12. The predicted molar refractivity (Wildman–Crippen MR) is 113 cm³/mol. The third kappa shape index (κ3) is 5.92. The molecule has 7 nitrogen and oxygen atoms in total. The van der Waals surface area contributed by atoms with Crippen molar-refractivity contribution in [1.29, 1.82) is 5.26 Å². The van der Waals surface area contributed by atoms with Gasteiger partial charge in [0.05, 0.1) is 17.2 Å². The molecule has 0 spiro atoms. The molecular weight excluding hydrogens is 382 g/mol. The third-order valence-corrected chi connectivity index (χ3v) is 4.46. The number of hydrogen-bond acceptors (Lipinski definition) is 5. The maximum absolute atomic E-state index is 12.3. The summed E-state index contributed by atoms with van der Waals surface area (Å²) in [4.78, 5) is 35.7. The highest BCUT2D eigenvalue weighted by molar-refractivity contribution is 5.88. The van der Waals surface area contributed by atoms with E-state index in [9.17, 15) is 19.6 Å². The Hall–Kier alpha value is -3.66. The quantitative estimate of drug-likeness (QED) is 0.621. The lowest BCUT2D eigenvalue weighted by Crippen LogP contribution is -2.47. The van der Waals surface area contributed by atoms with Gasteiger partial charge in [-0.05, 0) is 41.7 Å². The number of carbonyl (C=O) groups excluding carboxylic acids is 3. The van der Waals surface area contributed by atoms with Crippen LogP contribution < -0.4 is 15.4 Å². The lowest BCUT2D eigenvalue weighted by molar-refractivity contribution is -0.130. The van der Waals surface area contributed by atoms with E-state index >= 15 is 0 Å². The van der Waals surface area contributed by atoms with Crippen molar-refractivity contribution in [3.63, 3.8) is 0 Å². The number of aldehydes is 1. The van der Waals surface area contributed by atoms with Crippen molar-refractivity contribution in [2.45, 2.75) is 26.3 Å². The molecule has 0 aromatic heterocycles. The van der Waals surface area contributed by atoms with E-state index < -0.39 is 11.9 Å². The van der Waals surface area contributed by atoms with Crippen LogP contribution in [0.15, 0.2) is 42.5 Å². The monoisotopic (exact) mass is 407 g/mol. The number of hydrogen-bond donors (Lipinski definition) is 2. The van der Waals surface area contributed by atoms with Crippen molar-refractivity contribution in [1.82, 2.24) is 10.6 Å². The Balaban J connectivity index is 2.11. The van der Waals surface area contributed by atoms with Crippen molar-refractivity contribution in [2.24, 2.45) is 5.92 Å². The second-order valence-corrected chi connectivity index (χ2v) is 7.18. The molecule has 0 radical (unpaired) electrons. The number of nitrogens with zero attached hydrogens (tertiary/aromatic N) is 1. The fraction of sp³-hybridized carbons (Fsp3) is 0.304. The Bertz CT molecular complexity index is 963. The van der Waals surface area contributed by atoms with Crippen LogP contribution in [0.2, 0.25) is 0 Å². The fourth-order valence-electron chi connectivity index (χ4n) is 3.03. The van der Waals surface area contributed by atoms with E-state index in [-0.39, 0.29) is 29.7 Å². The molecule has 7 heteroatoms. The largest absolute Gasteiger partial charge is 0.483 e. The van der Waals surface area contributed by atoms with Crippen LogP contribution in [0.3, 0.4) is 0 Å². The normalized spacial score (nSPS) is 11.3. The molecule has 156 valence electrons. The molecule has 1 atom stereocenters. The molecule has 2 amide bonds. The van der Waals surface area contributed by atoms with Gasteiger partial charge >= 0.3 is 0 Å². The fourth-order valence-corrected chi connectivity index (χ4v) is 3.03. The van der Waals surface area contributed by atoms with Gasteiger partial charge < -0.3 is 15.4 Å². The molecule has 0 unspecified atom stereocenters. The zero-order chi connectivity index (χ0) is 22.1. The van der Waals surface area contributed by atoms with Gasteiger partial charge in [0.15, 0.2) is 12.9 Å². The molecule has 2 N–H and O–H groups in total. The number of carbonyl (C=O) groups is 3. The van der Waals surface area contributed by atoms with Gasteiger partial charge in [-0.25, -0.2) is 0 Å². The van der Waals surface area contributed by atoms with Gasteiger partial charge in [-0.15, -0.1) is 0 Å². The summed E-state index contributed by atoms with van der Waals surface area (Å²) in [6, 6.07) is 13.5. The number of benzene rings is 2. The molecular formula is C23H25N3O4. The van der Waals surface area contributed by atoms with E-state index in [0.717, 1.165) is 0 Å². The van der Waals surface area contributed by atoms with Gasteiger partial charge in [0.25, 0.3) is 5.91 Å². The van der Waals surface area contributed by atoms with Crippen LogP contribution in [0.1, 0.15) is 36.2 Å². The number of nitriles is 1. The third-order valence-electron chi connectivity index (χ3n) is 4.46. The summed E-state index contributed by atoms with van der Waals surface area (Å²) in [6.45, 7) is 3.59. The first-order valence-electron chi connectivity index (χ1n) is 9.62. The Labute approximate surface area is 176 Å². The Morgan fingerprint density at radius 1 is 1.20 bits per heavy atom. The number of rotatable bonds is 9. The van der Waals surface area contributed by atoms with Crippen LogP contribution in [0.25, 0.3) is 11.1 Å². The predicted octanol–water partition coefficient (Wildman–Crippen LogP) is 2.69. The van der Waals surface area contributed by atoms with E-state index in [0.29, 0.717) is 29.4 Å². The van der Waals surface area contributed by atoms with Gasteiger partial charge in [-0.3, -0.25) is 14.4 Å². The van der Waals surface area contributed by atoms with Crippen LogP contribution in [-0.2, 0) is 9.59 Å². The summed E-state index contributed by atoms with van der Waals surface area (Å²) < 4.78 is 5.52. The summed E-state index contributed by atoms with van der Waals surface area (Å²) in [5.41, 5.74) is 2.16. The number of nitrogens with one attached hydrogen (secondary N) is 2. The zero-order valence-electron chi connectivity index (χ0n) is 17.3. The van der Waals surface area contributed by atoms with Crippen molar-refractivity contribution < 1.29 is 19.1 Å². The zero-order valence-corrected chi connectivity index (χ0v) is 17.3. The summed E-state index contributed by atoms with van der Waals surface area (Å²) in [7, 11) is 1.51. The molecule has 0 bridgehead atoms. The maximum Gasteiger partial charge on any atom is 0.258 e. The molecule has 0 saturated heterocycles. The molecule has 0 saturated carbocycles. The average Bonchev–Trinajstić information content (AvgIpc) is 2.76. The van der Waals surface area contributed by atoms with E-state index in [1.807, 2.05) is 19.9 Å². The Morgan fingerprint density at radius 2 is 1.93 bits per heavy atom. The standard InChI is InChI=1S/C23H25N3O4/c1-15(2)10-20(23(29)25-3)26-22(28)14-30-21-9-8-16(11-18(21)13-27)19-7-5-4-6-17(19)12-24/h4-9,11,13,15,20H,10,14H2,1-3H3,(H,25,29)(H,26,28)/t20-/m0/s1. The number of amides is 2. The molecule has 0 heterocycles. The highest BCUT2D eigenvalue weighted by atomic mass is 16.5. The SMILES string of the molecule is CNC(=O)[C@H](CC(C)C)NC(=O)COc1ccc(-c2ccccc2C#N)cc1C=O. The van der Waals surface area contributed by atoms with Crippen molar-refractivity contribution in [3.05, 3.63) is 53.6 Å². The molecule has 2 rings (SSSR count). The highest BCUT2D eigenvalue weighted by Gasteiger charge is 2.21. The summed E-state index contributed by atoms with van der Waals surface area (Å²) in [6.07, 6.45) is 1.13. The van der Waals surface area contributed by atoms with Gasteiger partial charge in [0, 0.05) is 7.05 Å². The van der Waals surface area contributed by atoms with Crippen molar-refractivity contribution in [3.8, 4) is 22.9 Å². The van der Waals surface area contributed by atoms with E-state index in [1.165, 1.54) is 7.05 Å². The van der Waals surface area contributed by atoms with Crippen LogP contribution in [0.5, 0.6) is 5.75 Å². The van der Waals surface area contributed by atoms with Crippen LogP contribution in [0.4, 0.5) is 0 Å². The lowest BCUT2D eigenvalue weighted by atomic mass is 9.98. The number of likely N-dealkylation sites (N-methyl/N-ethyl adjacent to an activating group) is 1. The molecule has 0 aliphatic carbocycles. The summed E-state index contributed by atoms with van der Waals surface area (Å²) in [5, 5.41) is 14.5. The highest BCUT2D eigenvalue weighted by Crippen LogP contribution is 2.28. The summed E-state index contributed by atoms with van der Waals surface area (Å²) in [5.74, 6) is -0.260. The molecule has 0 fully saturated rings. The summed E-state index contributed by atoms with van der Waals surface area (Å²) >= 11 is 0. The second kappa shape index (κ2) is 10.8. The molecule has 30 heavy (non-hydrogen) atoms. The minimum absolute atomic E-state index is 0.221. The first-order chi connectivity index (χ1) is 14.4. The molecule has 2 aromatic rings. The topological polar surface area (TPSA) is 108 Å². The molecule has 0 aliphatic heterocycles. The minimum atomic E-state index is -0.651.